The first-order valence-electron chi connectivity index (χ1n) is 7.24. The predicted octanol–water partition coefficient (Wildman–Crippen LogP) is 2.27. The van der Waals surface area contributed by atoms with Crippen LogP contribution in [0.1, 0.15) is 52.4 Å². The van der Waals surface area contributed by atoms with Gasteiger partial charge in [-0.3, -0.25) is 0 Å². The summed E-state index contributed by atoms with van der Waals surface area (Å²) < 4.78 is 0. The van der Waals surface area contributed by atoms with E-state index in [0.29, 0.717) is 17.9 Å². The van der Waals surface area contributed by atoms with Crippen molar-refractivity contribution in [2.45, 2.75) is 52.4 Å². The van der Waals surface area contributed by atoms with Gasteiger partial charge in [0.05, 0.1) is 0 Å². The van der Waals surface area contributed by atoms with Crippen LogP contribution in [0.5, 0.6) is 0 Å². The normalized spacial score (nSPS) is 19.5. The van der Waals surface area contributed by atoms with Crippen molar-refractivity contribution < 1.29 is 9.90 Å². The Balaban J connectivity index is 2.20. The highest BCUT2D eigenvalue weighted by molar-refractivity contribution is 5.73. The van der Waals surface area contributed by atoms with Crippen molar-refractivity contribution in [3.8, 4) is 0 Å². The van der Waals surface area contributed by atoms with E-state index in [4.69, 9.17) is 5.11 Å². The van der Waals surface area contributed by atoms with Gasteiger partial charge in [-0.05, 0) is 37.0 Å². The van der Waals surface area contributed by atoms with Gasteiger partial charge in [0.25, 0.3) is 0 Å². The molecule has 0 heterocycles. The molecule has 2 amide bonds. The van der Waals surface area contributed by atoms with Crippen molar-refractivity contribution in [2.75, 3.05) is 19.7 Å². The van der Waals surface area contributed by atoms with Crippen LogP contribution >= 0.6 is 0 Å². The lowest BCUT2D eigenvalue weighted by molar-refractivity contribution is 0.220. The van der Waals surface area contributed by atoms with Crippen molar-refractivity contribution in [1.82, 2.24) is 10.6 Å². The van der Waals surface area contributed by atoms with Gasteiger partial charge in [0.1, 0.15) is 0 Å². The third-order valence-electron chi connectivity index (χ3n) is 4.27. The quantitative estimate of drug-likeness (QED) is 0.654. The lowest BCUT2D eigenvalue weighted by atomic mass is 9.83. The van der Waals surface area contributed by atoms with Crippen molar-refractivity contribution in [3.63, 3.8) is 0 Å². The minimum absolute atomic E-state index is 0.0699. The summed E-state index contributed by atoms with van der Waals surface area (Å²) in [6.45, 7) is 5.86. The van der Waals surface area contributed by atoms with Crippen LogP contribution < -0.4 is 10.6 Å². The van der Waals surface area contributed by atoms with Gasteiger partial charge in [-0.25, -0.2) is 4.79 Å². The number of urea groups is 1. The number of hydrogen-bond donors (Lipinski definition) is 3. The van der Waals surface area contributed by atoms with Gasteiger partial charge in [0, 0.05) is 19.7 Å². The molecule has 0 spiro atoms. The van der Waals surface area contributed by atoms with Gasteiger partial charge < -0.3 is 15.7 Å². The van der Waals surface area contributed by atoms with Crippen molar-refractivity contribution in [3.05, 3.63) is 0 Å². The topological polar surface area (TPSA) is 61.4 Å². The van der Waals surface area contributed by atoms with Crippen LogP contribution in [0.2, 0.25) is 0 Å². The molecule has 1 atom stereocenters. The molecule has 4 nitrogen and oxygen atoms in total. The fraction of sp³-hybridized carbons (Fsp3) is 0.929. The highest BCUT2D eigenvalue weighted by atomic mass is 16.3. The van der Waals surface area contributed by atoms with Gasteiger partial charge in [-0.1, -0.05) is 26.7 Å². The summed E-state index contributed by atoms with van der Waals surface area (Å²) in [6, 6.07) is -0.0699. The molecule has 1 rings (SSSR count). The Morgan fingerprint density at radius 3 is 2.56 bits per heavy atom. The summed E-state index contributed by atoms with van der Waals surface area (Å²) in [7, 11) is 0. The molecule has 0 aromatic rings. The zero-order valence-electron chi connectivity index (χ0n) is 11.8. The Morgan fingerprint density at radius 2 is 2.00 bits per heavy atom. The van der Waals surface area contributed by atoms with E-state index < -0.39 is 0 Å². The molecule has 0 radical (unpaired) electrons. The van der Waals surface area contributed by atoms with E-state index in [1.807, 2.05) is 6.92 Å². The predicted molar refractivity (Wildman–Crippen MR) is 73.5 cm³/mol. The first-order valence-corrected chi connectivity index (χ1v) is 7.24. The molecule has 1 saturated carbocycles. The van der Waals surface area contributed by atoms with Crippen molar-refractivity contribution >= 4 is 6.03 Å². The van der Waals surface area contributed by atoms with E-state index in [2.05, 4.69) is 17.6 Å². The van der Waals surface area contributed by atoms with Crippen LogP contribution in [0.15, 0.2) is 0 Å². The number of nitrogens with one attached hydrogen (secondary N) is 2. The molecule has 0 aromatic heterocycles. The largest absolute Gasteiger partial charge is 0.396 e. The summed E-state index contributed by atoms with van der Waals surface area (Å²) in [4.78, 5) is 11.7. The number of carbonyl (C=O) groups excluding carboxylic acids is 1. The standard InChI is InChI=1S/C14H28N2O2/c1-3-14(7-4-5-8-14)11-16-13(18)15-10-12(2)6-9-17/h12,17H,3-11H2,1-2H3,(H2,15,16,18). The van der Waals surface area contributed by atoms with Gasteiger partial charge in [0.15, 0.2) is 0 Å². The Morgan fingerprint density at radius 1 is 1.33 bits per heavy atom. The fourth-order valence-electron chi connectivity index (χ4n) is 2.70. The highest BCUT2D eigenvalue weighted by Crippen LogP contribution is 2.40. The summed E-state index contributed by atoms with van der Waals surface area (Å²) >= 11 is 0. The number of carbonyl (C=O) groups is 1. The zero-order chi connectivity index (χ0) is 13.4. The molecule has 18 heavy (non-hydrogen) atoms. The van der Waals surface area contributed by atoms with E-state index in [1.54, 1.807) is 0 Å². The molecule has 0 saturated heterocycles. The molecule has 0 bridgehead atoms. The smallest absolute Gasteiger partial charge is 0.314 e. The molecule has 1 aliphatic rings. The molecular weight excluding hydrogens is 228 g/mol. The summed E-state index contributed by atoms with van der Waals surface area (Å²) in [6.07, 6.45) is 6.96. The molecule has 3 N–H and O–H groups in total. The van der Waals surface area contributed by atoms with E-state index in [-0.39, 0.29) is 12.6 Å². The highest BCUT2D eigenvalue weighted by Gasteiger charge is 2.32. The van der Waals surface area contributed by atoms with Crippen LogP contribution in [-0.4, -0.2) is 30.8 Å². The van der Waals surface area contributed by atoms with Crippen molar-refractivity contribution in [1.29, 1.82) is 0 Å². The maximum absolute atomic E-state index is 11.7. The Hall–Kier alpha value is -0.770. The molecule has 4 heteroatoms. The van der Waals surface area contributed by atoms with Crippen LogP contribution in [-0.2, 0) is 0 Å². The third kappa shape index (κ3) is 4.84. The SMILES string of the molecule is CCC1(CNC(=O)NCC(C)CCO)CCCC1. The van der Waals surface area contributed by atoms with Gasteiger partial charge >= 0.3 is 6.03 Å². The van der Waals surface area contributed by atoms with Crippen LogP contribution in [0.4, 0.5) is 4.79 Å². The summed E-state index contributed by atoms with van der Waals surface area (Å²) in [5, 5.41) is 14.7. The average molecular weight is 256 g/mol. The van der Waals surface area contributed by atoms with Crippen LogP contribution in [0.25, 0.3) is 0 Å². The first kappa shape index (κ1) is 15.3. The van der Waals surface area contributed by atoms with Gasteiger partial charge in [0.2, 0.25) is 0 Å². The molecule has 1 fully saturated rings. The lowest BCUT2D eigenvalue weighted by Crippen LogP contribution is -2.42. The number of aliphatic hydroxyl groups is 1. The van der Waals surface area contributed by atoms with Gasteiger partial charge in [-0.2, -0.15) is 0 Å². The molecule has 0 aromatic carbocycles. The molecule has 1 aliphatic carbocycles. The third-order valence-corrected chi connectivity index (χ3v) is 4.27. The molecule has 0 aliphatic heterocycles. The number of rotatable bonds is 7. The van der Waals surface area contributed by atoms with E-state index >= 15 is 0 Å². The van der Waals surface area contributed by atoms with Gasteiger partial charge in [-0.15, -0.1) is 0 Å². The van der Waals surface area contributed by atoms with Crippen molar-refractivity contribution in [2.24, 2.45) is 11.3 Å². The summed E-state index contributed by atoms with van der Waals surface area (Å²) in [5.74, 6) is 0.326. The number of aliphatic hydroxyl groups excluding tert-OH is 1. The minimum Gasteiger partial charge on any atom is -0.396 e. The lowest BCUT2D eigenvalue weighted by Gasteiger charge is -2.27. The molecule has 106 valence electrons. The second kappa shape index (κ2) is 7.62. The Labute approximate surface area is 111 Å². The Kier molecular flexibility index (Phi) is 6.47. The molecular formula is C14H28N2O2. The van der Waals surface area contributed by atoms with Crippen LogP contribution in [0, 0.1) is 11.3 Å². The fourth-order valence-corrected chi connectivity index (χ4v) is 2.70. The zero-order valence-corrected chi connectivity index (χ0v) is 11.8. The Bertz CT molecular complexity index is 250. The second-order valence-corrected chi connectivity index (χ2v) is 5.74. The van der Waals surface area contributed by atoms with E-state index in [9.17, 15) is 4.79 Å². The maximum Gasteiger partial charge on any atom is 0.314 e. The monoisotopic (exact) mass is 256 g/mol. The summed E-state index contributed by atoms with van der Waals surface area (Å²) in [5.41, 5.74) is 0.341. The first-order chi connectivity index (χ1) is 8.62. The molecule has 1 unspecified atom stereocenters. The minimum atomic E-state index is -0.0699. The average Bonchev–Trinajstić information content (AvgIpc) is 2.84. The van der Waals surface area contributed by atoms with E-state index in [0.717, 1.165) is 19.4 Å². The van der Waals surface area contributed by atoms with E-state index in [1.165, 1.54) is 25.7 Å². The number of amides is 2. The second-order valence-electron chi connectivity index (χ2n) is 5.74. The maximum atomic E-state index is 11.7. The van der Waals surface area contributed by atoms with Crippen LogP contribution in [0.3, 0.4) is 0 Å². The number of hydrogen-bond acceptors (Lipinski definition) is 2.